The molecule has 0 radical (unpaired) electrons. The van der Waals surface area contributed by atoms with Crippen molar-refractivity contribution in [1.29, 1.82) is 0 Å². The van der Waals surface area contributed by atoms with Gasteiger partial charge in [-0.15, -0.1) is 0 Å². The molecule has 0 aromatic heterocycles. The van der Waals surface area contributed by atoms with Crippen molar-refractivity contribution in [2.75, 3.05) is 0 Å². The number of phosphoric acid groups is 1. The molecule has 0 bridgehead atoms. The third kappa shape index (κ3) is 23.7. The number of hydrogen-bond acceptors (Lipinski definition) is 7. The van der Waals surface area contributed by atoms with Gasteiger partial charge in [-0.2, -0.15) is 0 Å². The first kappa shape index (κ1) is 27.6. The third-order valence-corrected chi connectivity index (χ3v) is 0.805. The van der Waals surface area contributed by atoms with Crippen LogP contribution in [0.15, 0.2) is 0 Å². The van der Waals surface area contributed by atoms with Gasteiger partial charge in [-0.3, -0.25) is 0 Å². The van der Waals surface area contributed by atoms with Crippen LogP contribution in [0.4, 0.5) is 0 Å². The first-order valence-corrected chi connectivity index (χ1v) is 4.53. The van der Waals surface area contributed by atoms with Crippen LogP contribution in [0.3, 0.4) is 0 Å². The van der Waals surface area contributed by atoms with E-state index >= 15 is 0 Å². The SMILES string of the molecule is O=C(O)C(O)C(O)C(=O)O.O=P([O-])([O-])O.[K+].[K+]. The molecule has 0 spiro atoms. The van der Waals surface area contributed by atoms with Crippen molar-refractivity contribution in [2.45, 2.75) is 12.2 Å². The summed E-state index contributed by atoms with van der Waals surface area (Å²) in [6, 6.07) is 0. The predicted octanol–water partition coefficient (Wildman–Crippen LogP) is -10.3. The number of carboxylic acid groups (broad SMARTS) is 2. The molecule has 0 fully saturated rings. The Morgan fingerprint density at radius 2 is 1.06 bits per heavy atom. The van der Waals surface area contributed by atoms with E-state index in [2.05, 4.69) is 0 Å². The summed E-state index contributed by atoms with van der Waals surface area (Å²) >= 11 is 0. The van der Waals surface area contributed by atoms with Crippen molar-refractivity contribution in [3.63, 3.8) is 0 Å². The summed E-state index contributed by atoms with van der Waals surface area (Å²) in [6.07, 6.45) is -4.53. The molecule has 0 heterocycles. The standard InChI is InChI=1S/C4H6O6.2K.H3O4P/c5-1(3(7)8)2(6)4(9)10;;;1-5(2,3)4/h1-2,5-6H,(H,7,8)(H,9,10);;;(H3,1,2,3,4)/q;2*+1;/p-2. The molecule has 2 atom stereocenters. The van der Waals surface area contributed by atoms with Gasteiger partial charge in [-0.05, 0) is 0 Å². The largest absolute Gasteiger partial charge is 1.00 e. The van der Waals surface area contributed by atoms with Gasteiger partial charge in [-0.25, -0.2) is 9.59 Å². The maximum Gasteiger partial charge on any atom is 1.00 e. The zero-order valence-electron chi connectivity index (χ0n) is 8.88. The Hall–Kier alpha value is 2.24. The molecule has 0 aromatic carbocycles. The van der Waals surface area contributed by atoms with Crippen LogP contribution >= 0.6 is 7.82 Å². The molecule has 0 saturated carbocycles. The van der Waals surface area contributed by atoms with Crippen molar-refractivity contribution < 1.29 is 152 Å². The van der Waals surface area contributed by atoms with E-state index in [9.17, 15) is 9.59 Å². The Balaban J connectivity index is -0.000000105. The fourth-order valence-electron chi connectivity index (χ4n) is 0.270. The van der Waals surface area contributed by atoms with E-state index in [0.717, 1.165) is 0 Å². The molecule has 0 aliphatic rings. The Morgan fingerprint density at radius 1 is 0.941 bits per heavy atom. The average molecular weight is 324 g/mol. The summed E-state index contributed by atoms with van der Waals surface area (Å²) in [5, 5.41) is 32.5. The first-order valence-electron chi connectivity index (χ1n) is 3.03. The molecule has 10 nitrogen and oxygen atoms in total. The molecule has 0 aliphatic heterocycles. The van der Waals surface area contributed by atoms with Crippen LogP contribution in [-0.2, 0) is 14.2 Å². The molecule has 0 aliphatic carbocycles. The molecule has 13 heteroatoms. The minimum absolute atomic E-state index is 0. The van der Waals surface area contributed by atoms with Crippen LogP contribution in [0.1, 0.15) is 0 Å². The summed E-state index contributed by atoms with van der Waals surface area (Å²) in [5.74, 6) is -3.54. The average Bonchev–Trinajstić information content (AvgIpc) is 1.98. The fraction of sp³-hybridized carbons (Fsp3) is 0.500. The van der Waals surface area contributed by atoms with Crippen molar-refractivity contribution in [3.05, 3.63) is 0 Å². The van der Waals surface area contributed by atoms with Gasteiger partial charge in [0.2, 0.25) is 0 Å². The number of aliphatic hydroxyl groups excluding tert-OH is 2. The number of carboxylic acids is 2. The van der Waals surface area contributed by atoms with Gasteiger partial charge in [0.25, 0.3) is 0 Å². The topological polar surface area (TPSA) is 198 Å². The Kier molecular flexibility index (Phi) is 21.5. The quantitative estimate of drug-likeness (QED) is 0.245. The van der Waals surface area contributed by atoms with E-state index in [1.165, 1.54) is 0 Å². The maximum absolute atomic E-state index is 9.77. The molecular formula is C4H7K2O10P. The Labute approximate surface area is 180 Å². The minimum atomic E-state index is -5.14. The summed E-state index contributed by atoms with van der Waals surface area (Å²) in [5.41, 5.74) is 0. The van der Waals surface area contributed by atoms with E-state index < -0.39 is 32.0 Å². The molecule has 0 saturated heterocycles. The van der Waals surface area contributed by atoms with Gasteiger partial charge in [-0.1, -0.05) is 0 Å². The predicted molar refractivity (Wildman–Crippen MR) is 37.1 cm³/mol. The number of carbonyl (C=O) groups is 2. The van der Waals surface area contributed by atoms with Gasteiger partial charge >= 0.3 is 115 Å². The van der Waals surface area contributed by atoms with Gasteiger partial charge in [0.05, 0.1) is 7.82 Å². The second kappa shape index (κ2) is 13.2. The van der Waals surface area contributed by atoms with Gasteiger partial charge in [0.1, 0.15) is 0 Å². The zero-order valence-corrected chi connectivity index (χ0v) is 16.0. The van der Waals surface area contributed by atoms with E-state index in [1.807, 2.05) is 0 Å². The summed E-state index contributed by atoms with van der Waals surface area (Å²) in [4.78, 5) is 43.8. The number of aliphatic hydroxyl groups is 2. The van der Waals surface area contributed by atoms with E-state index in [0.29, 0.717) is 0 Å². The number of hydrogen-bond donors (Lipinski definition) is 5. The van der Waals surface area contributed by atoms with Crippen LogP contribution in [0.2, 0.25) is 0 Å². The van der Waals surface area contributed by atoms with E-state index in [4.69, 9.17) is 39.7 Å². The Bertz CT molecular complexity index is 249. The van der Waals surface area contributed by atoms with Crippen molar-refractivity contribution >= 4 is 19.8 Å². The fourth-order valence-corrected chi connectivity index (χ4v) is 0.270. The van der Waals surface area contributed by atoms with Crippen molar-refractivity contribution in [2.24, 2.45) is 0 Å². The zero-order chi connectivity index (χ0) is 12.8. The minimum Gasteiger partial charge on any atom is -0.790 e. The van der Waals surface area contributed by atoms with Crippen LogP contribution < -0.4 is 113 Å². The summed E-state index contributed by atoms with van der Waals surface area (Å²) < 4.78 is 8.66. The molecule has 90 valence electrons. The third-order valence-electron chi connectivity index (χ3n) is 0.805. The second-order valence-corrected chi connectivity index (χ2v) is 2.97. The van der Waals surface area contributed by atoms with Crippen molar-refractivity contribution in [3.8, 4) is 0 Å². The first-order chi connectivity index (χ1) is 6.46. The van der Waals surface area contributed by atoms with E-state index in [1.54, 1.807) is 0 Å². The van der Waals surface area contributed by atoms with Gasteiger partial charge in [0, 0.05) is 0 Å². The molecule has 5 N–H and O–H groups in total. The van der Waals surface area contributed by atoms with Gasteiger partial charge < -0.3 is 39.7 Å². The van der Waals surface area contributed by atoms with E-state index in [-0.39, 0.29) is 103 Å². The number of aliphatic carboxylic acids is 2. The van der Waals surface area contributed by atoms with Crippen LogP contribution in [-0.4, -0.2) is 49.5 Å². The molecular weight excluding hydrogens is 317 g/mol. The Morgan fingerprint density at radius 3 is 1.12 bits per heavy atom. The number of rotatable bonds is 3. The smallest absolute Gasteiger partial charge is 0.790 e. The van der Waals surface area contributed by atoms with Crippen LogP contribution in [0.25, 0.3) is 0 Å². The van der Waals surface area contributed by atoms with Crippen molar-refractivity contribution in [1.82, 2.24) is 0 Å². The molecule has 2 unspecified atom stereocenters. The summed E-state index contributed by atoms with van der Waals surface area (Å²) in [7, 11) is -5.14. The van der Waals surface area contributed by atoms with Crippen LogP contribution in [0, 0.1) is 0 Å². The van der Waals surface area contributed by atoms with Crippen LogP contribution in [0.5, 0.6) is 0 Å². The maximum atomic E-state index is 9.77. The van der Waals surface area contributed by atoms with Gasteiger partial charge in [0.15, 0.2) is 12.2 Å². The second-order valence-electron chi connectivity index (χ2n) is 2.03. The molecule has 0 rings (SSSR count). The molecule has 17 heavy (non-hydrogen) atoms. The normalized spacial score (nSPS) is 12.8. The summed E-state index contributed by atoms with van der Waals surface area (Å²) in [6.45, 7) is 0. The molecule has 0 amide bonds. The molecule has 0 aromatic rings. The monoisotopic (exact) mass is 324 g/mol.